The molecule has 1 aromatic carbocycles. The minimum Gasteiger partial charge on any atom is -0.436 e. The van der Waals surface area contributed by atoms with E-state index in [1.807, 2.05) is 18.2 Å². The van der Waals surface area contributed by atoms with E-state index in [4.69, 9.17) is 4.74 Å². The fourth-order valence-electron chi connectivity index (χ4n) is 2.27. The van der Waals surface area contributed by atoms with Crippen LogP contribution in [0, 0.1) is 5.82 Å². The number of hydrogen-bond donors (Lipinski definition) is 1. The molecule has 3 rings (SSSR count). The molecule has 0 unspecified atom stereocenters. The number of aryl methyl sites for hydroxylation is 2. The molecular weight excluding hydrogens is 245 g/mol. The second-order valence-electron chi connectivity index (χ2n) is 4.48. The van der Waals surface area contributed by atoms with Gasteiger partial charge in [0.15, 0.2) is 0 Å². The van der Waals surface area contributed by atoms with Gasteiger partial charge in [-0.2, -0.15) is 9.37 Å². The van der Waals surface area contributed by atoms with Gasteiger partial charge >= 0.3 is 0 Å². The van der Waals surface area contributed by atoms with E-state index in [2.05, 4.69) is 15.3 Å². The minimum atomic E-state index is -0.570. The number of fused-ring (bicyclic) bond motifs is 1. The fraction of sp³-hybridized carbons (Fsp3) is 0.286. The van der Waals surface area contributed by atoms with E-state index in [9.17, 15) is 4.39 Å². The van der Waals surface area contributed by atoms with Crippen molar-refractivity contribution < 1.29 is 9.13 Å². The molecule has 0 saturated carbocycles. The summed E-state index contributed by atoms with van der Waals surface area (Å²) in [6.45, 7) is 0. The van der Waals surface area contributed by atoms with Gasteiger partial charge in [0.05, 0.1) is 6.20 Å². The largest absolute Gasteiger partial charge is 0.436 e. The van der Waals surface area contributed by atoms with Crippen LogP contribution in [0.5, 0.6) is 11.6 Å². The summed E-state index contributed by atoms with van der Waals surface area (Å²) in [7, 11) is 1.67. The van der Waals surface area contributed by atoms with E-state index in [0.29, 0.717) is 11.7 Å². The zero-order chi connectivity index (χ0) is 13.2. The van der Waals surface area contributed by atoms with Crippen LogP contribution in [0.25, 0.3) is 0 Å². The molecule has 1 aliphatic rings. The number of aromatic nitrogens is 2. The summed E-state index contributed by atoms with van der Waals surface area (Å²) < 4.78 is 19.1. The van der Waals surface area contributed by atoms with Gasteiger partial charge in [-0.05, 0) is 42.5 Å². The molecule has 0 bridgehead atoms. The second kappa shape index (κ2) is 4.84. The van der Waals surface area contributed by atoms with Crippen molar-refractivity contribution in [2.75, 3.05) is 12.4 Å². The van der Waals surface area contributed by atoms with Crippen LogP contribution >= 0.6 is 0 Å². The highest BCUT2D eigenvalue weighted by molar-refractivity contribution is 5.40. The number of benzene rings is 1. The smallest absolute Gasteiger partial charge is 0.260 e. The van der Waals surface area contributed by atoms with Crippen LogP contribution in [-0.2, 0) is 12.8 Å². The molecule has 0 aliphatic heterocycles. The molecule has 4 nitrogen and oxygen atoms in total. The lowest BCUT2D eigenvalue weighted by molar-refractivity contribution is 0.420. The van der Waals surface area contributed by atoms with Crippen molar-refractivity contribution >= 4 is 5.95 Å². The van der Waals surface area contributed by atoms with Gasteiger partial charge in [0.1, 0.15) is 5.75 Å². The normalized spacial score (nSPS) is 13.2. The lowest BCUT2D eigenvalue weighted by Crippen LogP contribution is -2.00. The highest BCUT2D eigenvalue weighted by atomic mass is 19.1. The molecule has 0 spiro atoms. The van der Waals surface area contributed by atoms with E-state index >= 15 is 0 Å². The molecule has 1 aliphatic carbocycles. The Hall–Kier alpha value is -2.17. The summed E-state index contributed by atoms with van der Waals surface area (Å²) >= 11 is 0. The number of anilines is 1. The Labute approximate surface area is 110 Å². The zero-order valence-electron chi connectivity index (χ0n) is 10.6. The quantitative estimate of drug-likeness (QED) is 0.920. The number of nitrogens with zero attached hydrogens (tertiary/aromatic N) is 2. The first-order valence-corrected chi connectivity index (χ1v) is 6.26. The highest BCUT2D eigenvalue weighted by Crippen LogP contribution is 2.29. The van der Waals surface area contributed by atoms with Crippen molar-refractivity contribution in [1.29, 1.82) is 0 Å². The molecule has 0 atom stereocenters. The highest BCUT2D eigenvalue weighted by Gasteiger charge is 2.13. The predicted molar refractivity (Wildman–Crippen MR) is 70.1 cm³/mol. The maximum absolute atomic E-state index is 13.6. The van der Waals surface area contributed by atoms with Gasteiger partial charge in [0.2, 0.25) is 11.8 Å². The summed E-state index contributed by atoms with van der Waals surface area (Å²) in [6, 6.07) is 5.85. The van der Waals surface area contributed by atoms with Gasteiger partial charge in [-0.25, -0.2) is 4.98 Å². The lowest BCUT2D eigenvalue weighted by atomic mass is 10.1. The Morgan fingerprint density at radius 1 is 1.26 bits per heavy atom. The van der Waals surface area contributed by atoms with Gasteiger partial charge in [0.25, 0.3) is 5.88 Å². The molecule has 1 N–H and O–H groups in total. The van der Waals surface area contributed by atoms with Crippen LogP contribution in [0.1, 0.15) is 17.5 Å². The monoisotopic (exact) mass is 259 g/mol. The molecule has 1 heterocycles. The van der Waals surface area contributed by atoms with Crippen molar-refractivity contribution in [2.45, 2.75) is 19.3 Å². The van der Waals surface area contributed by atoms with Crippen LogP contribution in [0.4, 0.5) is 10.3 Å². The zero-order valence-corrected chi connectivity index (χ0v) is 10.6. The average molecular weight is 259 g/mol. The van der Waals surface area contributed by atoms with Crippen LogP contribution in [0.3, 0.4) is 0 Å². The molecule has 5 heteroatoms. The van der Waals surface area contributed by atoms with Crippen molar-refractivity contribution in [3.05, 3.63) is 41.3 Å². The first-order chi connectivity index (χ1) is 9.26. The van der Waals surface area contributed by atoms with Gasteiger partial charge in [-0.3, -0.25) is 0 Å². The second-order valence-corrected chi connectivity index (χ2v) is 4.48. The number of ether oxygens (including phenoxy) is 1. The number of hydrogen-bond acceptors (Lipinski definition) is 4. The first kappa shape index (κ1) is 11.9. The number of nitrogens with one attached hydrogen (secondary N) is 1. The number of rotatable bonds is 3. The Morgan fingerprint density at radius 3 is 2.95 bits per heavy atom. The van der Waals surface area contributed by atoms with E-state index in [1.165, 1.54) is 17.5 Å². The summed E-state index contributed by atoms with van der Waals surface area (Å²) in [4.78, 5) is 7.74. The third kappa shape index (κ3) is 2.36. The van der Waals surface area contributed by atoms with Gasteiger partial charge < -0.3 is 10.1 Å². The molecule has 1 aromatic heterocycles. The Morgan fingerprint density at radius 2 is 2.11 bits per heavy atom. The molecular formula is C14H14FN3O. The fourth-order valence-corrected chi connectivity index (χ4v) is 2.27. The first-order valence-electron chi connectivity index (χ1n) is 6.26. The molecule has 0 radical (unpaired) electrons. The molecule has 0 fully saturated rings. The van der Waals surface area contributed by atoms with Crippen LogP contribution in [-0.4, -0.2) is 17.0 Å². The van der Waals surface area contributed by atoms with Crippen molar-refractivity contribution in [2.24, 2.45) is 0 Å². The molecule has 2 aromatic rings. The third-order valence-corrected chi connectivity index (χ3v) is 3.22. The average Bonchev–Trinajstić information content (AvgIpc) is 2.89. The van der Waals surface area contributed by atoms with Crippen molar-refractivity contribution in [3.63, 3.8) is 0 Å². The summed E-state index contributed by atoms with van der Waals surface area (Å²) in [6.07, 6.45) is 4.44. The summed E-state index contributed by atoms with van der Waals surface area (Å²) in [5.41, 5.74) is 2.63. The maximum atomic E-state index is 13.6. The molecule has 0 saturated heterocycles. The SMILES string of the molecule is CNc1ncc(F)c(Oc2ccc3c(c2)CCC3)n1. The van der Waals surface area contributed by atoms with Crippen molar-refractivity contribution in [3.8, 4) is 11.6 Å². The molecule has 19 heavy (non-hydrogen) atoms. The standard InChI is InChI=1S/C14H14FN3O/c1-16-14-17-8-12(15)13(18-14)19-11-6-5-9-3-2-4-10(9)7-11/h5-8H,2-4H2,1H3,(H,16,17,18). The lowest BCUT2D eigenvalue weighted by Gasteiger charge is -2.08. The van der Waals surface area contributed by atoms with E-state index in [0.717, 1.165) is 19.0 Å². The minimum absolute atomic E-state index is 0.0581. The predicted octanol–water partition coefficient (Wildman–Crippen LogP) is 2.94. The van der Waals surface area contributed by atoms with E-state index in [1.54, 1.807) is 7.05 Å². The van der Waals surface area contributed by atoms with Crippen LogP contribution in [0.2, 0.25) is 0 Å². The van der Waals surface area contributed by atoms with Crippen molar-refractivity contribution in [1.82, 2.24) is 9.97 Å². The van der Waals surface area contributed by atoms with E-state index in [-0.39, 0.29) is 5.88 Å². The summed E-state index contributed by atoms with van der Waals surface area (Å²) in [5, 5.41) is 2.75. The summed E-state index contributed by atoms with van der Waals surface area (Å²) in [5.74, 6) is 0.314. The maximum Gasteiger partial charge on any atom is 0.260 e. The molecule has 98 valence electrons. The third-order valence-electron chi connectivity index (χ3n) is 3.22. The Balaban J connectivity index is 1.88. The number of halogens is 1. The topological polar surface area (TPSA) is 47.0 Å². The van der Waals surface area contributed by atoms with Gasteiger partial charge in [0, 0.05) is 7.05 Å². The Kier molecular flexibility index (Phi) is 3.03. The van der Waals surface area contributed by atoms with Crippen LogP contribution in [0.15, 0.2) is 24.4 Å². The molecule has 0 amide bonds. The van der Waals surface area contributed by atoms with Gasteiger partial charge in [-0.1, -0.05) is 6.07 Å². The van der Waals surface area contributed by atoms with Gasteiger partial charge in [-0.15, -0.1) is 0 Å². The van der Waals surface area contributed by atoms with E-state index < -0.39 is 5.82 Å². The van der Waals surface area contributed by atoms with Crippen LogP contribution < -0.4 is 10.1 Å². The Bertz CT molecular complexity index is 616.